The lowest BCUT2D eigenvalue weighted by molar-refractivity contribution is -0.116. The van der Waals surface area contributed by atoms with Crippen LogP contribution in [0.5, 0.6) is 0 Å². The molecule has 0 bridgehead atoms. The number of benzene rings is 1. The number of carbonyl (C=O) groups is 1. The normalized spacial score (nSPS) is 10.8. The maximum Gasteiger partial charge on any atom is 0.236 e. The minimum absolute atomic E-state index is 0.238. The highest BCUT2D eigenvalue weighted by atomic mass is 79.9. The zero-order chi connectivity index (χ0) is 14.4. The highest BCUT2D eigenvalue weighted by molar-refractivity contribution is 9.10. The highest BCUT2D eigenvalue weighted by Gasteiger charge is 2.14. The minimum Gasteiger partial charge on any atom is -0.368 e. The largest absolute Gasteiger partial charge is 0.368 e. The van der Waals surface area contributed by atoms with Gasteiger partial charge in [0.2, 0.25) is 5.91 Å². The van der Waals surface area contributed by atoms with Crippen LogP contribution in [0.15, 0.2) is 22.7 Å². The van der Waals surface area contributed by atoms with Crippen LogP contribution in [0.1, 0.15) is 19.4 Å². The molecule has 0 fully saturated rings. The summed E-state index contributed by atoms with van der Waals surface area (Å²) in [5.41, 5.74) is 7.53. The van der Waals surface area contributed by atoms with Gasteiger partial charge in [-0.05, 0) is 46.6 Å². The predicted octanol–water partition coefficient (Wildman–Crippen LogP) is 2.12. The Hall–Kier alpha value is -1.07. The van der Waals surface area contributed by atoms with Crippen LogP contribution in [0.3, 0.4) is 0 Å². The molecule has 106 valence electrons. The lowest BCUT2D eigenvalue weighted by atomic mass is 10.1. The van der Waals surface area contributed by atoms with Gasteiger partial charge in [0.25, 0.3) is 0 Å². The fourth-order valence-corrected chi connectivity index (χ4v) is 2.67. The Morgan fingerprint density at radius 1 is 1.47 bits per heavy atom. The minimum atomic E-state index is -0.313. The molecule has 19 heavy (non-hydrogen) atoms. The van der Waals surface area contributed by atoms with Crippen LogP contribution in [-0.2, 0) is 11.3 Å². The van der Waals surface area contributed by atoms with Crippen LogP contribution in [0.4, 0.5) is 5.69 Å². The molecule has 4 nitrogen and oxygen atoms in total. The lowest BCUT2D eigenvalue weighted by Crippen LogP contribution is -2.36. The second-order valence-corrected chi connectivity index (χ2v) is 5.91. The molecule has 0 heterocycles. The second-order valence-electron chi connectivity index (χ2n) is 5.06. The fraction of sp³-hybridized carbons (Fsp3) is 0.500. The van der Waals surface area contributed by atoms with Crippen molar-refractivity contribution in [1.82, 2.24) is 5.32 Å². The summed E-state index contributed by atoms with van der Waals surface area (Å²) in [6.45, 7) is 6.10. The van der Waals surface area contributed by atoms with Gasteiger partial charge in [0.1, 0.15) is 0 Å². The average molecular weight is 328 g/mol. The number of rotatable bonds is 7. The van der Waals surface area contributed by atoms with Gasteiger partial charge in [0.05, 0.1) is 12.2 Å². The molecule has 0 atom stereocenters. The van der Waals surface area contributed by atoms with Gasteiger partial charge in [0.15, 0.2) is 0 Å². The molecular formula is C14H22BrN3O. The first-order chi connectivity index (χ1) is 8.93. The second kappa shape index (κ2) is 7.50. The summed E-state index contributed by atoms with van der Waals surface area (Å²) in [6.07, 6.45) is 0. The number of carbonyl (C=O) groups excluding carboxylic acids is 1. The van der Waals surface area contributed by atoms with Crippen molar-refractivity contribution in [3.63, 3.8) is 0 Å². The van der Waals surface area contributed by atoms with Gasteiger partial charge in [0, 0.05) is 17.6 Å². The zero-order valence-corrected chi connectivity index (χ0v) is 13.3. The van der Waals surface area contributed by atoms with E-state index >= 15 is 0 Å². The summed E-state index contributed by atoms with van der Waals surface area (Å²) in [7, 11) is 1.92. The van der Waals surface area contributed by atoms with Crippen molar-refractivity contribution < 1.29 is 4.79 Å². The molecule has 0 aliphatic carbocycles. The number of amides is 1. The fourth-order valence-electron chi connectivity index (χ4n) is 2.00. The van der Waals surface area contributed by atoms with E-state index in [-0.39, 0.29) is 12.5 Å². The molecular weight excluding hydrogens is 306 g/mol. The zero-order valence-electron chi connectivity index (χ0n) is 11.7. The Bertz CT molecular complexity index is 435. The van der Waals surface area contributed by atoms with E-state index in [0.29, 0.717) is 5.92 Å². The SMILES string of the molecule is CNCc1ccc(N(CC(N)=O)CC(C)C)c(Br)c1. The Morgan fingerprint density at radius 2 is 2.16 bits per heavy atom. The van der Waals surface area contributed by atoms with Gasteiger partial charge < -0.3 is 16.0 Å². The van der Waals surface area contributed by atoms with Gasteiger partial charge in [-0.3, -0.25) is 4.79 Å². The van der Waals surface area contributed by atoms with Crippen LogP contribution >= 0.6 is 15.9 Å². The van der Waals surface area contributed by atoms with E-state index in [1.54, 1.807) is 0 Å². The van der Waals surface area contributed by atoms with Crippen molar-refractivity contribution in [1.29, 1.82) is 0 Å². The van der Waals surface area contributed by atoms with Crippen molar-refractivity contribution in [2.45, 2.75) is 20.4 Å². The Labute approximate surface area is 123 Å². The molecule has 1 rings (SSSR count). The Kier molecular flexibility index (Phi) is 6.31. The topological polar surface area (TPSA) is 58.4 Å². The van der Waals surface area contributed by atoms with Crippen LogP contribution in [0.2, 0.25) is 0 Å². The number of hydrogen-bond donors (Lipinski definition) is 2. The van der Waals surface area contributed by atoms with E-state index in [1.807, 2.05) is 18.0 Å². The quantitative estimate of drug-likeness (QED) is 0.806. The number of halogens is 1. The smallest absolute Gasteiger partial charge is 0.236 e. The molecule has 3 N–H and O–H groups in total. The van der Waals surface area contributed by atoms with E-state index in [4.69, 9.17) is 5.73 Å². The summed E-state index contributed by atoms with van der Waals surface area (Å²) in [6, 6.07) is 6.16. The van der Waals surface area contributed by atoms with Crippen molar-refractivity contribution in [2.75, 3.05) is 25.0 Å². The van der Waals surface area contributed by atoms with Crippen molar-refractivity contribution in [3.8, 4) is 0 Å². The number of hydrogen-bond acceptors (Lipinski definition) is 3. The van der Waals surface area contributed by atoms with E-state index in [0.717, 1.165) is 23.2 Å². The number of anilines is 1. The summed E-state index contributed by atoms with van der Waals surface area (Å²) < 4.78 is 0.988. The Morgan fingerprint density at radius 3 is 2.63 bits per heavy atom. The van der Waals surface area contributed by atoms with E-state index < -0.39 is 0 Å². The third kappa shape index (κ3) is 5.20. The first-order valence-corrected chi connectivity index (χ1v) is 7.19. The average Bonchev–Trinajstić information content (AvgIpc) is 2.27. The summed E-state index contributed by atoms with van der Waals surface area (Å²) in [5, 5.41) is 3.12. The first kappa shape index (κ1) is 16.0. The van der Waals surface area contributed by atoms with Crippen LogP contribution in [0.25, 0.3) is 0 Å². The Balaban J connectivity index is 2.97. The summed E-state index contributed by atoms with van der Waals surface area (Å²) in [4.78, 5) is 13.2. The van der Waals surface area contributed by atoms with Crippen LogP contribution in [0, 0.1) is 5.92 Å². The van der Waals surface area contributed by atoms with Gasteiger partial charge in [-0.15, -0.1) is 0 Å². The van der Waals surface area contributed by atoms with Gasteiger partial charge in [-0.25, -0.2) is 0 Å². The van der Waals surface area contributed by atoms with Crippen LogP contribution in [-0.4, -0.2) is 26.0 Å². The van der Waals surface area contributed by atoms with Gasteiger partial charge in [-0.1, -0.05) is 19.9 Å². The molecule has 0 aliphatic heterocycles. The molecule has 0 aliphatic rings. The molecule has 0 saturated heterocycles. The maximum atomic E-state index is 11.2. The molecule has 0 unspecified atom stereocenters. The van der Waals surface area contributed by atoms with E-state index in [1.165, 1.54) is 5.56 Å². The molecule has 1 amide bonds. The van der Waals surface area contributed by atoms with E-state index in [2.05, 4.69) is 47.2 Å². The molecule has 1 aromatic carbocycles. The van der Waals surface area contributed by atoms with Crippen molar-refractivity contribution >= 4 is 27.5 Å². The third-order valence-electron chi connectivity index (χ3n) is 2.67. The molecule has 0 aromatic heterocycles. The third-order valence-corrected chi connectivity index (χ3v) is 3.30. The van der Waals surface area contributed by atoms with Gasteiger partial charge >= 0.3 is 0 Å². The van der Waals surface area contributed by atoms with Crippen molar-refractivity contribution in [3.05, 3.63) is 28.2 Å². The predicted molar refractivity (Wildman–Crippen MR) is 83.2 cm³/mol. The molecule has 0 radical (unpaired) electrons. The molecule has 0 saturated carbocycles. The van der Waals surface area contributed by atoms with Crippen molar-refractivity contribution in [2.24, 2.45) is 11.7 Å². The summed E-state index contributed by atoms with van der Waals surface area (Å²) >= 11 is 3.58. The maximum absolute atomic E-state index is 11.2. The highest BCUT2D eigenvalue weighted by Crippen LogP contribution is 2.28. The number of nitrogens with two attached hydrogens (primary N) is 1. The number of primary amides is 1. The van der Waals surface area contributed by atoms with Crippen LogP contribution < -0.4 is 16.0 Å². The summed E-state index contributed by atoms with van der Waals surface area (Å²) in [5.74, 6) is 0.148. The number of nitrogens with zero attached hydrogens (tertiary/aromatic N) is 1. The lowest BCUT2D eigenvalue weighted by Gasteiger charge is -2.26. The standard InChI is InChI=1S/C14H22BrN3O/c1-10(2)8-18(9-14(16)19)13-5-4-11(7-17-3)6-12(13)15/h4-6,10,17H,7-9H2,1-3H3,(H2,16,19). The number of nitrogens with one attached hydrogen (secondary N) is 1. The molecule has 1 aromatic rings. The van der Waals surface area contributed by atoms with Gasteiger partial charge in [-0.2, -0.15) is 0 Å². The monoisotopic (exact) mass is 327 g/mol. The van der Waals surface area contributed by atoms with E-state index in [9.17, 15) is 4.79 Å². The first-order valence-electron chi connectivity index (χ1n) is 6.40. The molecule has 0 spiro atoms. The molecule has 5 heteroatoms.